The maximum Gasteiger partial charge on any atom is 0.254 e. The second-order valence-corrected chi connectivity index (χ2v) is 10.5. The number of rotatable bonds is 4. The lowest BCUT2D eigenvalue weighted by molar-refractivity contribution is -0.140. The van der Waals surface area contributed by atoms with Crippen molar-refractivity contribution in [1.82, 2.24) is 9.58 Å². The summed E-state index contributed by atoms with van der Waals surface area (Å²) in [4.78, 5) is 26.6. The van der Waals surface area contributed by atoms with Crippen LogP contribution in [0.1, 0.15) is 23.2 Å². The summed E-state index contributed by atoms with van der Waals surface area (Å²) in [6.45, 7) is 2.67. The topological polar surface area (TPSA) is 54.7 Å². The molecule has 2 aromatic carbocycles. The van der Waals surface area contributed by atoms with Crippen LogP contribution in [0.3, 0.4) is 0 Å². The van der Waals surface area contributed by atoms with Gasteiger partial charge in [-0.3, -0.25) is 9.59 Å². The van der Waals surface area contributed by atoms with E-state index in [0.29, 0.717) is 18.4 Å². The molecule has 6 heteroatoms. The van der Waals surface area contributed by atoms with Crippen molar-refractivity contribution < 1.29 is 9.59 Å². The minimum Gasteiger partial charge on any atom is -0.340 e. The Bertz CT molecular complexity index is 1400. The Balaban J connectivity index is 1.25. The third-order valence-electron chi connectivity index (χ3n) is 8.51. The van der Waals surface area contributed by atoms with Gasteiger partial charge in [0.2, 0.25) is 0 Å². The van der Waals surface area contributed by atoms with Crippen LogP contribution in [0.25, 0.3) is 10.9 Å². The predicted octanol–water partition coefficient (Wildman–Crippen LogP) is 5.04. The van der Waals surface area contributed by atoms with Gasteiger partial charge in [-0.1, -0.05) is 60.2 Å². The molecular weight excluding hydrogens is 446 g/mol. The second-order valence-electron chi connectivity index (χ2n) is 10.1. The lowest BCUT2D eigenvalue weighted by Gasteiger charge is -2.37. The molecule has 0 unspecified atom stereocenters. The summed E-state index contributed by atoms with van der Waals surface area (Å²) in [7, 11) is 0. The quantitative estimate of drug-likeness (QED) is 0.305. The third-order valence-corrected chi connectivity index (χ3v) is 8.88. The van der Waals surface area contributed by atoms with Crippen LogP contribution in [-0.4, -0.2) is 27.6 Å². The Morgan fingerprint density at radius 2 is 1.62 bits per heavy atom. The molecule has 6 atom stereocenters. The molecule has 8 rings (SSSR count). The fraction of sp³-hybridized carbons (Fsp3) is 0.321. The van der Waals surface area contributed by atoms with Gasteiger partial charge in [0.1, 0.15) is 0 Å². The number of aromatic nitrogens is 1. The molecule has 1 aliphatic heterocycles. The van der Waals surface area contributed by atoms with E-state index in [2.05, 4.69) is 34.0 Å². The Labute approximate surface area is 202 Å². The van der Waals surface area contributed by atoms with Crippen LogP contribution in [0.4, 0.5) is 0 Å². The zero-order valence-corrected chi connectivity index (χ0v) is 19.5. The van der Waals surface area contributed by atoms with E-state index in [1.54, 1.807) is 6.21 Å². The van der Waals surface area contributed by atoms with E-state index in [1.165, 1.54) is 0 Å². The maximum atomic E-state index is 13.3. The van der Waals surface area contributed by atoms with Gasteiger partial charge in [0, 0.05) is 33.7 Å². The number of allylic oxidation sites excluding steroid dienone is 2. The number of carbonyl (C=O) groups is 2. The number of hydrogen-bond acceptors (Lipinski definition) is 3. The third kappa shape index (κ3) is 2.70. The molecule has 1 saturated heterocycles. The lowest BCUT2D eigenvalue weighted by Crippen LogP contribution is -2.40. The molecular formula is C28H24ClN3O2. The fourth-order valence-electron chi connectivity index (χ4n) is 6.79. The molecule has 0 radical (unpaired) electrons. The molecule has 170 valence electrons. The molecule has 1 aromatic heterocycles. The van der Waals surface area contributed by atoms with E-state index in [9.17, 15) is 9.59 Å². The minimum atomic E-state index is -0.230. The van der Waals surface area contributed by atoms with Gasteiger partial charge in [0.05, 0.1) is 18.1 Å². The average Bonchev–Trinajstić information content (AvgIpc) is 3.59. The van der Waals surface area contributed by atoms with Crippen molar-refractivity contribution >= 4 is 40.5 Å². The first-order valence-corrected chi connectivity index (χ1v) is 12.3. The number of halogens is 1. The van der Waals surface area contributed by atoms with Crippen molar-refractivity contribution in [3.63, 3.8) is 0 Å². The Hall–Kier alpha value is -3.18. The summed E-state index contributed by atoms with van der Waals surface area (Å²) in [5.41, 5.74) is 4.04. The van der Waals surface area contributed by atoms with E-state index in [1.807, 2.05) is 43.3 Å². The van der Waals surface area contributed by atoms with Crippen molar-refractivity contribution in [3.05, 3.63) is 82.5 Å². The highest BCUT2D eigenvalue weighted by atomic mass is 35.5. The number of fused-ring (bicyclic) bond motifs is 1. The van der Waals surface area contributed by atoms with Crippen LogP contribution in [0, 0.1) is 42.4 Å². The van der Waals surface area contributed by atoms with E-state index in [0.717, 1.165) is 44.2 Å². The highest BCUT2D eigenvalue weighted by molar-refractivity contribution is 6.31. The van der Waals surface area contributed by atoms with Crippen LogP contribution in [0.5, 0.6) is 0 Å². The van der Waals surface area contributed by atoms with Gasteiger partial charge in [-0.05, 0) is 54.7 Å². The van der Waals surface area contributed by atoms with Crippen LogP contribution in [0.2, 0.25) is 5.02 Å². The van der Waals surface area contributed by atoms with Crippen LogP contribution >= 0.6 is 11.6 Å². The van der Waals surface area contributed by atoms with E-state index in [4.69, 9.17) is 11.6 Å². The first-order chi connectivity index (χ1) is 16.5. The predicted molar refractivity (Wildman–Crippen MR) is 131 cm³/mol. The Kier molecular flexibility index (Phi) is 4.26. The number of nitrogens with zero attached hydrogens (tertiary/aromatic N) is 3. The highest BCUT2D eigenvalue weighted by Crippen LogP contribution is 2.65. The average molecular weight is 470 g/mol. The summed E-state index contributed by atoms with van der Waals surface area (Å²) >= 11 is 6.44. The van der Waals surface area contributed by atoms with Crippen LogP contribution in [-0.2, 0) is 16.1 Å². The molecule has 0 N–H and O–H groups in total. The van der Waals surface area contributed by atoms with E-state index >= 15 is 0 Å². The fourth-order valence-corrected chi connectivity index (χ4v) is 6.99. The first kappa shape index (κ1) is 20.2. The molecule has 3 aromatic rings. The number of amides is 2. The number of carbonyl (C=O) groups excluding carboxylic acids is 2. The van der Waals surface area contributed by atoms with Crippen LogP contribution in [0.15, 0.2) is 65.8 Å². The zero-order chi connectivity index (χ0) is 23.1. The minimum absolute atomic E-state index is 0.131. The molecule has 5 nitrogen and oxygen atoms in total. The summed E-state index contributed by atoms with van der Waals surface area (Å²) in [5.74, 6) is 0.856. The van der Waals surface area contributed by atoms with Crippen molar-refractivity contribution in [3.8, 4) is 0 Å². The van der Waals surface area contributed by atoms with Gasteiger partial charge in [-0.15, -0.1) is 0 Å². The molecule has 34 heavy (non-hydrogen) atoms. The smallest absolute Gasteiger partial charge is 0.254 e. The molecule has 4 aliphatic carbocycles. The number of hydrogen-bond donors (Lipinski definition) is 0. The van der Waals surface area contributed by atoms with Gasteiger partial charge in [0.25, 0.3) is 11.8 Å². The second kappa shape index (κ2) is 7.16. The first-order valence-electron chi connectivity index (χ1n) is 12.0. The Morgan fingerprint density at radius 1 is 0.971 bits per heavy atom. The van der Waals surface area contributed by atoms with Gasteiger partial charge in [-0.25, -0.2) is 0 Å². The van der Waals surface area contributed by atoms with Crippen LogP contribution < -0.4 is 0 Å². The van der Waals surface area contributed by atoms with E-state index in [-0.39, 0.29) is 35.5 Å². The molecule has 2 heterocycles. The van der Waals surface area contributed by atoms with Crippen molar-refractivity contribution in [2.45, 2.75) is 19.9 Å². The number of benzene rings is 2. The molecule has 2 bridgehead atoms. The molecule has 2 amide bonds. The molecule has 3 fully saturated rings. The van der Waals surface area contributed by atoms with Gasteiger partial charge >= 0.3 is 0 Å². The standard InChI is InChI=1S/C28H24ClN3O2/c1-15-22(17-7-3-5-9-24(17)31(15)14-16-6-2-4-8-23(16)29)13-30-32-27(33)25-18-10-11-19(21-12-20(18)21)26(25)28(32)34/h2-11,13,18-21,25-26H,12,14H2,1H3/b30-13-/t18-,19-,20-,21+,25+,26+/m1/s1. The largest absolute Gasteiger partial charge is 0.340 e. The highest BCUT2D eigenvalue weighted by Gasteiger charge is 2.67. The Morgan fingerprint density at radius 3 is 2.32 bits per heavy atom. The van der Waals surface area contributed by atoms with Crippen molar-refractivity contribution in [1.29, 1.82) is 0 Å². The van der Waals surface area contributed by atoms with Crippen molar-refractivity contribution in [2.75, 3.05) is 0 Å². The number of hydrazone groups is 1. The molecule has 0 spiro atoms. The van der Waals surface area contributed by atoms with Gasteiger partial charge < -0.3 is 4.57 Å². The van der Waals surface area contributed by atoms with E-state index < -0.39 is 0 Å². The number of imide groups is 1. The summed E-state index contributed by atoms with van der Waals surface area (Å²) in [6, 6.07) is 16.0. The monoisotopic (exact) mass is 469 g/mol. The maximum absolute atomic E-state index is 13.3. The molecule has 2 saturated carbocycles. The summed E-state index contributed by atoms with van der Waals surface area (Å²) in [5, 5.41) is 7.43. The van der Waals surface area contributed by atoms with Crippen molar-refractivity contribution in [2.24, 2.45) is 40.6 Å². The lowest BCUT2D eigenvalue weighted by atomic mass is 9.63. The normalized spacial score (nSPS) is 31.1. The zero-order valence-electron chi connectivity index (χ0n) is 18.8. The summed E-state index contributed by atoms with van der Waals surface area (Å²) in [6.07, 6.45) is 7.23. The van der Waals surface area contributed by atoms with Gasteiger partial charge in [0.15, 0.2) is 0 Å². The SMILES string of the molecule is Cc1c(/C=N\N2C(=O)[C@H]3[C@@H]4C=C[C@H]([C@@H]5C[C@H]45)[C@@H]3C2=O)c2ccccc2n1Cc1ccccc1Cl. The van der Waals surface area contributed by atoms with Gasteiger partial charge in [-0.2, -0.15) is 10.1 Å². The number of para-hydroxylation sites is 1. The molecule has 5 aliphatic rings. The summed E-state index contributed by atoms with van der Waals surface area (Å²) < 4.78 is 2.21.